The summed E-state index contributed by atoms with van der Waals surface area (Å²) in [4.78, 5) is 10.6. The molecule has 2 aromatic rings. The van der Waals surface area contributed by atoms with E-state index >= 15 is 0 Å². The molecule has 0 amide bonds. The maximum absolute atomic E-state index is 6.08. The summed E-state index contributed by atoms with van der Waals surface area (Å²) in [5.74, 6) is 1.47. The number of ether oxygens (including phenoxy) is 1. The predicted molar refractivity (Wildman–Crippen MR) is 79.2 cm³/mol. The van der Waals surface area contributed by atoms with Crippen molar-refractivity contribution in [2.24, 2.45) is 5.92 Å². The van der Waals surface area contributed by atoms with Crippen LogP contribution in [-0.2, 0) is 0 Å². The molecule has 1 fully saturated rings. The molecule has 0 saturated heterocycles. The molecule has 1 aliphatic rings. The van der Waals surface area contributed by atoms with Crippen LogP contribution in [0.3, 0.4) is 0 Å². The summed E-state index contributed by atoms with van der Waals surface area (Å²) in [5, 5.41) is 1.26. The topological polar surface area (TPSA) is 35.0 Å². The van der Waals surface area contributed by atoms with Gasteiger partial charge in [-0.1, -0.05) is 6.92 Å². The fraction of sp³-hybridized carbons (Fsp3) is 0.571. The van der Waals surface area contributed by atoms with Crippen LogP contribution in [0.4, 0.5) is 0 Å². The number of rotatable bonds is 2. The van der Waals surface area contributed by atoms with E-state index in [4.69, 9.17) is 16.3 Å². The van der Waals surface area contributed by atoms with Gasteiger partial charge in [-0.25, -0.2) is 4.98 Å². The summed E-state index contributed by atoms with van der Waals surface area (Å²) in [6, 6.07) is 2.08. The number of fused-ring (bicyclic) bond motifs is 1. The number of aryl methyl sites for hydroxylation is 1. The highest BCUT2D eigenvalue weighted by atomic mass is 35.5. The van der Waals surface area contributed by atoms with Crippen LogP contribution in [0, 0.1) is 12.8 Å². The van der Waals surface area contributed by atoms with Crippen LogP contribution in [0.25, 0.3) is 10.2 Å². The van der Waals surface area contributed by atoms with E-state index in [2.05, 4.69) is 29.9 Å². The van der Waals surface area contributed by atoms with E-state index < -0.39 is 0 Å². The molecule has 3 rings (SSSR count). The van der Waals surface area contributed by atoms with Crippen molar-refractivity contribution in [3.05, 3.63) is 16.2 Å². The van der Waals surface area contributed by atoms with Gasteiger partial charge < -0.3 is 4.74 Å². The van der Waals surface area contributed by atoms with Crippen LogP contribution in [0.5, 0.6) is 5.88 Å². The van der Waals surface area contributed by atoms with Crippen LogP contribution in [0.1, 0.15) is 37.5 Å². The van der Waals surface area contributed by atoms with Gasteiger partial charge in [0, 0.05) is 4.88 Å². The maximum Gasteiger partial charge on any atom is 0.227 e. The first-order valence-corrected chi connectivity index (χ1v) is 7.91. The van der Waals surface area contributed by atoms with E-state index in [1.165, 1.54) is 17.7 Å². The van der Waals surface area contributed by atoms with Crippen molar-refractivity contribution in [3.8, 4) is 5.88 Å². The van der Waals surface area contributed by atoms with Crippen molar-refractivity contribution in [2.45, 2.75) is 45.6 Å². The second-order valence-corrected chi connectivity index (χ2v) is 6.95. The highest BCUT2D eigenvalue weighted by Gasteiger charge is 2.21. The Morgan fingerprint density at radius 2 is 2.00 bits per heavy atom. The van der Waals surface area contributed by atoms with Gasteiger partial charge in [0.15, 0.2) is 0 Å². The first kappa shape index (κ1) is 13.1. The second kappa shape index (κ2) is 5.25. The van der Waals surface area contributed by atoms with Gasteiger partial charge in [0.1, 0.15) is 10.9 Å². The molecule has 1 aliphatic carbocycles. The third-order valence-electron chi connectivity index (χ3n) is 3.69. The fourth-order valence-corrected chi connectivity index (χ4v) is 3.67. The Kier molecular flexibility index (Phi) is 3.63. The van der Waals surface area contributed by atoms with Crippen molar-refractivity contribution in [1.82, 2.24) is 9.97 Å². The molecular weight excluding hydrogens is 280 g/mol. The van der Waals surface area contributed by atoms with Gasteiger partial charge in [-0.15, -0.1) is 11.3 Å². The van der Waals surface area contributed by atoms with E-state index in [9.17, 15) is 0 Å². The van der Waals surface area contributed by atoms with Crippen LogP contribution in [0.15, 0.2) is 6.07 Å². The molecule has 2 heterocycles. The molecule has 0 radical (unpaired) electrons. The van der Waals surface area contributed by atoms with Gasteiger partial charge in [-0.3, -0.25) is 0 Å². The van der Waals surface area contributed by atoms with Crippen molar-refractivity contribution in [3.63, 3.8) is 0 Å². The van der Waals surface area contributed by atoms with E-state index in [1.807, 2.05) is 0 Å². The Balaban J connectivity index is 1.87. The predicted octanol–water partition coefficient (Wildman–Crippen LogP) is 4.61. The molecule has 1 saturated carbocycles. The molecule has 0 unspecified atom stereocenters. The number of halogens is 1. The first-order valence-electron chi connectivity index (χ1n) is 6.72. The molecule has 0 spiro atoms. The Morgan fingerprint density at radius 3 is 2.74 bits per heavy atom. The van der Waals surface area contributed by atoms with Crippen molar-refractivity contribution < 1.29 is 4.74 Å². The summed E-state index contributed by atoms with van der Waals surface area (Å²) < 4.78 is 6.08. The number of hydrogen-bond acceptors (Lipinski definition) is 4. The summed E-state index contributed by atoms with van der Waals surface area (Å²) in [5.41, 5.74) is 0. The lowest BCUT2D eigenvalue weighted by Crippen LogP contribution is -2.23. The van der Waals surface area contributed by atoms with Crippen molar-refractivity contribution in [1.29, 1.82) is 0 Å². The minimum absolute atomic E-state index is 0.269. The highest BCUT2D eigenvalue weighted by molar-refractivity contribution is 7.18. The molecule has 0 aromatic carbocycles. The zero-order chi connectivity index (χ0) is 13.4. The van der Waals surface area contributed by atoms with Gasteiger partial charge in [0.25, 0.3) is 0 Å². The first-order chi connectivity index (χ1) is 9.11. The average molecular weight is 297 g/mol. The molecule has 5 heteroatoms. The minimum Gasteiger partial charge on any atom is -0.474 e. The van der Waals surface area contributed by atoms with E-state index in [0.29, 0.717) is 5.88 Å². The third-order valence-corrected chi connectivity index (χ3v) is 4.81. The number of nitrogens with zero attached hydrogens (tertiary/aromatic N) is 2. The lowest BCUT2D eigenvalue weighted by atomic mass is 9.89. The second-order valence-electron chi connectivity index (χ2n) is 5.37. The van der Waals surface area contributed by atoms with Gasteiger partial charge >= 0.3 is 0 Å². The normalized spacial score (nSPS) is 23.7. The molecule has 0 bridgehead atoms. The largest absolute Gasteiger partial charge is 0.474 e. The summed E-state index contributed by atoms with van der Waals surface area (Å²) >= 11 is 7.61. The average Bonchev–Trinajstić information content (AvgIpc) is 2.72. The van der Waals surface area contributed by atoms with Gasteiger partial charge in [-0.2, -0.15) is 4.98 Å². The van der Waals surface area contributed by atoms with Crippen LogP contribution >= 0.6 is 22.9 Å². The van der Waals surface area contributed by atoms with E-state index in [1.54, 1.807) is 11.3 Å². The Hall–Kier alpha value is -0.870. The molecule has 0 aliphatic heterocycles. The van der Waals surface area contributed by atoms with Crippen LogP contribution in [-0.4, -0.2) is 16.1 Å². The lowest BCUT2D eigenvalue weighted by Gasteiger charge is -2.26. The smallest absolute Gasteiger partial charge is 0.227 e. The minimum atomic E-state index is 0.269. The molecule has 3 nitrogen and oxygen atoms in total. The van der Waals surface area contributed by atoms with Crippen LogP contribution in [0.2, 0.25) is 5.28 Å². The Bertz CT molecular complexity index is 590. The van der Waals surface area contributed by atoms with Gasteiger partial charge in [-0.05, 0) is 56.2 Å². The summed E-state index contributed by atoms with van der Waals surface area (Å²) in [6.45, 7) is 4.37. The number of hydrogen-bond donors (Lipinski definition) is 0. The van der Waals surface area contributed by atoms with Gasteiger partial charge in [0.05, 0.1) is 5.39 Å². The molecule has 0 atom stereocenters. The zero-order valence-corrected chi connectivity index (χ0v) is 12.7. The molecular formula is C14H17ClN2OS. The summed E-state index contributed by atoms with van der Waals surface area (Å²) in [7, 11) is 0. The molecule has 2 aromatic heterocycles. The lowest BCUT2D eigenvalue weighted by molar-refractivity contribution is 0.132. The number of thiophene rings is 1. The SMILES string of the molecule is Cc1cc2c(OC3CCC(C)CC3)nc(Cl)nc2s1. The highest BCUT2D eigenvalue weighted by Crippen LogP contribution is 2.33. The zero-order valence-electron chi connectivity index (χ0n) is 11.1. The van der Waals surface area contributed by atoms with Crippen LogP contribution < -0.4 is 4.74 Å². The quantitative estimate of drug-likeness (QED) is 0.759. The number of aromatic nitrogens is 2. The standard InChI is InChI=1S/C14H17ClN2OS/c1-8-3-5-10(6-4-8)18-12-11-7-9(2)19-13(11)17-14(15)16-12/h7-8,10H,3-6H2,1-2H3. The molecule has 19 heavy (non-hydrogen) atoms. The Labute approximate surface area is 122 Å². The Morgan fingerprint density at radius 1 is 1.26 bits per heavy atom. The van der Waals surface area contributed by atoms with Gasteiger partial charge in [0.2, 0.25) is 11.2 Å². The van der Waals surface area contributed by atoms with Crippen molar-refractivity contribution in [2.75, 3.05) is 0 Å². The maximum atomic E-state index is 6.08. The summed E-state index contributed by atoms with van der Waals surface area (Å²) in [6.07, 6.45) is 4.94. The van der Waals surface area contributed by atoms with E-state index in [-0.39, 0.29) is 11.4 Å². The monoisotopic (exact) mass is 296 g/mol. The third kappa shape index (κ3) is 2.84. The molecule has 0 N–H and O–H groups in total. The fourth-order valence-electron chi connectivity index (χ4n) is 2.59. The van der Waals surface area contributed by atoms with E-state index in [0.717, 1.165) is 29.0 Å². The van der Waals surface area contributed by atoms with Crippen molar-refractivity contribution >= 4 is 33.2 Å². The molecule has 102 valence electrons.